The first-order valence-corrected chi connectivity index (χ1v) is 3.27. The van der Waals surface area contributed by atoms with Crippen molar-refractivity contribution in [2.45, 2.75) is 18.9 Å². The van der Waals surface area contributed by atoms with E-state index in [2.05, 4.69) is 10.6 Å². The largest absolute Gasteiger partial charge is 0.352 e. The van der Waals surface area contributed by atoms with Gasteiger partial charge in [-0.1, -0.05) is 0 Å². The molecule has 0 atom stereocenters. The van der Waals surface area contributed by atoms with Crippen LogP contribution in [-0.2, 0) is 4.79 Å². The van der Waals surface area contributed by atoms with Crippen molar-refractivity contribution in [2.24, 2.45) is 0 Å². The maximum absolute atomic E-state index is 10.7. The summed E-state index contributed by atoms with van der Waals surface area (Å²) in [6.07, 6.45) is 2.32. The molecule has 0 radical (unpaired) electrons. The molecule has 0 unspecified atom stereocenters. The molecule has 1 aliphatic rings. The Hall–Kier alpha value is -0.570. The van der Waals surface area contributed by atoms with Crippen LogP contribution in [0.1, 0.15) is 12.8 Å². The minimum Gasteiger partial charge on any atom is -0.352 e. The zero-order chi connectivity index (χ0) is 6.69. The van der Waals surface area contributed by atoms with Crippen molar-refractivity contribution >= 4 is 5.91 Å². The van der Waals surface area contributed by atoms with Gasteiger partial charge in [0.25, 0.3) is 0 Å². The van der Waals surface area contributed by atoms with Crippen LogP contribution in [0.25, 0.3) is 0 Å². The zero-order valence-electron chi connectivity index (χ0n) is 5.61. The number of hydrogen-bond acceptors (Lipinski definition) is 2. The summed E-state index contributed by atoms with van der Waals surface area (Å²) in [5, 5.41) is 5.64. The van der Waals surface area contributed by atoms with E-state index in [0.717, 1.165) is 12.8 Å². The molecule has 1 amide bonds. The molecule has 1 rings (SSSR count). The third-order valence-electron chi connectivity index (χ3n) is 1.28. The van der Waals surface area contributed by atoms with Crippen molar-refractivity contribution in [3.8, 4) is 0 Å². The maximum atomic E-state index is 10.7. The van der Waals surface area contributed by atoms with Crippen molar-refractivity contribution in [2.75, 3.05) is 13.6 Å². The molecule has 0 bridgehead atoms. The second-order valence-corrected chi connectivity index (χ2v) is 2.37. The topological polar surface area (TPSA) is 41.1 Å². The molecule has 0 aromatic rings. The van der Waals surface area contributed by atoms with E-state index in [1.165, 1.54) is 0 Å². The lowest BCUT2D eigenvalue weighted by atomic mass is 10.5. The van der Waals surface area contributed by atoms with Gasteiger partial charge in [0.05, 0.1) is 6.54 Å². The van der Waals surface area contributed by atoms with E-state index in [1.807, 2.05) is 0 Å². The first kappa shape index (κ1) is 6.55. The fraction of sp³-hybridized carbons (Fsp3) is 0.833. The summed E-state index contributed by atoms with van der Waals surface area (Å²) in [6, 6.07) is 0.492. The number of hydrogen-bond donors (Lipinski definition) is 2. The van der Waals surface area contributed by atoms with Crippen molar-refractivity contribution in [1.29, 1.82) is 0 Å². The Morgan fingerprint density at radius 1 is 1.67 bits per heavy atom. The molecule has 3 heteroatoms. The molecule has 0 saturated heterocycles. The van der Waals surface area contributed by atoms with E-state index in [-0.39, 0.29) is 5.91 Å². The van der Waals surface area contributed by atoms with Crippen molar-refractivity contribution in [3.05, 3.63) is 0 Å². The fourth-order valence-electron chi connectivity index (χ4n) is 0.667. The average Bonchev–Trinajstić information content (AvgIpc) is 2.50. The van der Waals surface area contributed by atoms with Gasteiger partial charge in [0.1, 0.15) is 0 Å². The Balaban J connectivity index is 2.02. The van der Waals surface area contributed by atoms with Crippen molar-refractivity contribution in [3.63, 3.8) is 0 Å². The second-order valence-electron chi connectivity index (χ2n) is 2.37. The van der Waals surface area contributed by atoms with Gasteiger partial charge in [-0.15, -0.1) is 0 Å². The van der Waals surface area contributed by atoms with Gasteiger partial charge in [-0.2, -0.15) is 0 Å². The number of rotatable bonds is 3. The molecule has 0 aliphatic heterocycles. The van der Waals surface area contributed by atoms with Gasteiger partial charge in [0, 0.05) is 6.04 Å². The van der Waals surface area contributed by atoms with Crippen molar-refractivity contribution < 1.29 is 4.79 Å². The summed E-state index contributed by atoms with van der Waals surface area (Å²) in [5.74, 6) is 0.111. The highest BCUT2D eigenvalue weighted by molar-refractivity contribution is 5.78. The molecule has 0 spiro atoms. The highest BCUT2D eigenvalue weighted by atomic mass is 16.2. The molecule has 0 aromatic heterocycles. The summed E-state index contributed by atoms with van der Waals surface area (Å²) >= 11 is 0. The van der Waals surface area contributed by atoms with E-state index in [4.69, 9.17) is 0 Å². The average molecular weight is 128 g/mol. The molecule has 0 heterocycles. The number of carbonyl (C=O) groups excluding carboxylic acids is 1. The van der Waals surface area contributed by atoms with E-state index < -0.39 is 0 Å². The van der Waals surface area contributed by atoms with Crippen LogP contribution in [0.15, 0.2) is 0 Å². The van der Waals surface area contributed by atoms with Gasteiger partial charge in [0.2, 0.25) is 5.91 Å². The number of carbonyl (C=O) groups is 1. The quantitative estimate of drug-likeness (QED) is 0.537. The molecular formula is C6H12N2O. The lowest BCUT2D eigenvalue weighted by molar-refractivity contribution is -0.120. The van der Waals surface area contributed by atoms with Crippen LogP contribution in [0.2, 0.25) is 0 Å². The van der Waals surface area contributed by atoms with Crippen LogP contribution in [0.4, 0.5) is 0 Å². The fourth-order valence-corrected chi connectivity index (χ4v) is 0.667. The first-order chi connectivity index (χ1) is 4.33. The van der Waals surface area contributed by atoms with E-state index >= 15 is 0 Å². The predicted molar refractivity (Wildman–Crippen MR) is 35.1 cm³/mol. The molecule has 3 nitrogen and oxygen atoms in total. The summed E-state index contributed by atoms with van der Waals surface area (Å²) in [5.41, 5.74) is 0. The summed E-state index contributed by atoms with van der Waals surface area (Å²) in [4.78, 5) is 10.7. The smallest absolute Gasteiger partial charge is 0.234 e. The third kappa shape index (κ3) is 2.46. The van der Waals surface area contributed by atoms with Crippen LogP contribution in [-0.4, -0.2) is 25.5 Å². The van der Waals surface area contributed by atoms with E-state index in [1.54, 1.807) is 7.05 Å². The van der Waals surface area contributed by atoms with E-state index in [0.29, 0.717) is 12.6 Å². The molecule has 1 fully saturated rings. The molecule has 1 saturated carbocycles. The van der Waals surface area contributed by atoms with Gasteiger partial charge in [-0.3, -0.25) is 4.79 Å². The van der Waals surface area contributed by atoms with Gasteiger partial charge in [-0.05, 0) is 19.9 Å². The Labute approximate surface area is 54.8 Å². The summed E-state index contributed by atoms with van der Waals surface area (Å²) < 4.78 is 0. The third-order valence-corrected chi connectivity index (χ3v) is 1.28. The monoisotopic (exact) mass is 128 g/mol. The number of likely N-dealkylation sites (N-methyl/N-ethyl adjacent to an activating group) is 1. The summed E-state index contributed by atoms with van der Waals surface area (Å²) in [6.45, 7) is 0.441. The van der Waals surface area contributed by atoms with Crippen LogP contribution in [0.3, 0.4) is 0 Å². The second kappa shape index (κ2) is 2.82. The van der Waals surface area contributed by atoms with Gasteiger partial charge in [-0.25, -0.2) is 0 Å². The SMILES string of the molecule is CNCC(=O)NC1CC1. The Bertz CT molecular complexity index is 110. The van der Waals surface area contributed by atoms with Crippen LogP contribution in [0.5, 0.6) is 0 Å². The minimum atomic E-state index is 0.111. The lowest BCUT2D eigenvalue weighted by Crippen LogP contribution is -2.33. The molecule has 52 valence electrons. The van der Waals surface area contributed by atoms with Crippen LogP contribution >= 0.6 is 0 Å². The Kier molecular flexibility index (Phi) is 2.05. The van der Waals surface area contributed by atoms with Gasteiger partial charge in [0.15, 0.2) is 0 Å². The normalized spacial score (nSPS) is 17.4. The highest BCUT2D eigenvalue weighted by Gasteiger charge is 2.22. The molecule has 9 heavy (non-hydrogen) atoms. The molecule has 1 aliphatic carbocycles. The first-order valence-electron chi connectivity index (χ1n) is 3.27. The van der Waals surface area contributed by atoms with Crippen molar-refractivity contribution in [1.82, 2.24) is 10.6 Å². The Morgan fingerprint density at radius 3 is 2.78 bits per heavy atom. The predicted octanol–water partition coefficient (Wildman–Crippen LogP) is -0.516. The van der Waals surface area contributed by atoms with Crippen LogP contribution in [0, 0.1) is 0 Å². The minimum absolute atomic E-state index is 0.111. The number of nitrogens with one attached hydrogen (secondary N) is 2. The highest BCUT2D eigenvalue weighted by Crippen LogP contribution is 2.17. The maximum Gasteiger partial charge on any atom is 0.234 e. The number of amides is 1. The van der Waals surface area contributed by atoms with E-state index in [9.17, 15) is 4.79 Å². The van der Waals surface area contributed by atoms with Gasteiger partial charge < -0.3 is 10.6 Å². The van der Waals surface area contributed by atoms with Crippen LogP contribution < -0.4 is 10.6 Å². The molecule has 2 N–H and O–H groups in total. The standard InChI is InChI=1S/C6H12N2O/c1-7-4-6(9)8-5-2-3-5/h5,7H,2-4H2,1H3,(H,8,9). The Morgan fingerprint density at radius 2 is 2.33 bits per heavy atom. The molecule has 0 aromatic carbocycles. The lowest BCUT2D eigenvalue weighted by Gasteiger charge is -1.99. The van der Waals surface area contributed by atoms with Gasteiger partial charge >= 0.3 is 0 Å². The zero-order valence-corrected chi connectivity index (χ0v) is 5.61. The summed E-state index contributed by atoms with van der Waals surface area (Å²) in [7, 11) is 1.77. The molecular weight excluding hydrogens is 116 g/mol.